The van der Waals surface area contributed by atoms with E-state index in [4.69, 9.17) is 0 Å². The second-order valence-corrected chi connectivity index (χ2v) is 2.84. The molecule has 0 amide bonds. The fourth-order valence-electron chi connectivity index (χ4n) is 0.473. The zero-order valence-electron chi connectivity index (χ0n) is 7.43. The molecule has 78 valence electrons. The number of carbonyl (C=O) groups excluding carboxylic acids is 2. The van der Waals surface area contributed by atoms with Crippen LogP contribution in [0.15, 0.2) is 25.3 Å². The van der Waals surface area contributed by atoms with Crippen molar-refractivity contribution in [2.24, 2.45) is 0 Å². The normalized spacial score (nSPS) is 9.21. The molecule has 0 N–H and O–H groups in total. The van der Waals surface area contributed by atoms with Gasteiger partial charge in [0.05, 0.1) is 12.8 Å². The lowest BCUT2D eigenvalue weighted by molar-refractivity contribution is -0.135. The van der Waals surface area contributed by atoms with Gasteiger partial charge in [-0.3, -0.25) is 9.59 Å². The van der Waals surface area contributed by atoms with Crippen LogP contribution in [0.5, 0.6) is 0 Å². The predicted octanol–water partition coefficient (Wildman–Crippen LogP) is 0.804. The molecule has 0 aromatic carbocycles. The van der Waals surface area contributed by atoms with Gasteiger partial charge in [-0.25, -0.2) is 0 Å². The molecule has 0 aromatic heterocycles. The van der Waals surface area contributed by atoms with Gasteiger partial charge in [0, 0.05) is 0 Å². The molecular weight excluding hydrogens is 208 g/mol. The molecule has 0 aliphatic carbocycles. The van der Waals surface area contributed by atoms with E-state index in [0.29, 0.717) is 0 Å². The standard InChI is InChI=1S/C8H10O5S/c1-3-5-7(9)12-14(11)13-8(10)6-4-2/h3-4H,1-2,5-6H2. The van der Waals surface area contributed by atoms with Crippen molar-refractivity contribution in [2.75, 3.05) is 0 Å². The van der Waals surface area contributed by atoms with Crippen LogP contribution in [0.4, 0.5) is 0 Å². The van der Waals surface area contributed by atoms with Crippen LogP contribution < -0.4 is 0 Å². The fraction of sp³-hybridized carbons (Fsp3) is 0.250. The molecule has 0 aliphatic heterocycles. The Morgan fingerprint density at radius 1 is 1.07 bits per heavy atom. The van der Waals surface area contributed by atoms with Crippen LogP contribution in [-0.4, -0.2) is 16.1 Å². The summed E-state index contributed by atoms with van der Waals surface area (Å²) in [4.78, 5) is 21.4. The van der Waals surface area contributed by atoms with E-state index < -0.39 is 23.3 Å². The minimum Gasteiger partial charge on any atom is -0.334 e. The van der Waals surface area contributed by atoms with Crippen molar-refractivity contribution in [1.29, 1.82) is 0 Å². The second kappa shape index (κ2) is 7.02. The van der Waals surface area contributed by atoms with Crippen LogP contribution in [0.25, 0.3) is 0 Å². The second-order valence-electron chi connectivity index (χ2n) is 2.10. The first-order valence-electron chi connectivity index (χ1n) is 3.66. The van der Waals surface area contributed by atoms with Gasteiger partial charge in [-0.1, -0.05) is 12.2 Å². The molecule has 0 saturated carbocycles. The van der Waals surface area contributed by atoms with Crippen molar-refractivity contribution in [3.8, 4) is 0 Å². The predicted molar refractivity (Wildman–Crippen MR) is 50.0 cm³/mol. The highest BCUT2D eigenvalue weighted by Crippen LogP contribution is 1.97. The third-order valence-electron chi connectivity index (χ3n) is 0.944. The van der Waals surface area contributed by atoms with Crippen molar-refractivity contribution in [3.05, 3.63) is 25.3 Å². The maximum atomic E-state index is 10.8. The third kappa shape index (κ3) is 6.13. The van der Waals surface area contributed by atoms with Gasteiger partial charge in [0.15, 0.2) is 0 Å². The average molecular weight is 218 g/mol. The lowest BCUT2D eigenvalue weighted by atomic mass is 10.4. The maximum absolute atomic E-state index is 10.8. The molecule has 5 nitrogen and oxygen atoms in total. The van der Waals surface area contributed by atoms with Crippen LogP contribution in [0.1, 0.15) is 12.8 Å². The van der Waals surface area contributed by atoms with Gasteiger partial charge in [-0.2, -0.15) is 4.21 Å². The summed E-state index contributed by atoms with van der Waals surface area (Å²) in [6, 6.07) is 0. The topological polar surface area (TPSA) is 69.7 Å². The largest absolute Gasteiger partial charge is 0.422 e. The zero-order valence-corrected chi connectivity index (χ0v) is 8.25. The Balaban J connectivity index is 3.85. The van der Waals surface area contributed by atoms with E-state index in [1.807, 2.05) is 0 Å². The number of hydrogen-bond acceptors (Lipinski definition) is 5. The first-order valence-corrected chi connectivity index (χ1v) is 4.66. The van der Waals surface area contributed by atoms with Crippen molar-refractivity contribution in [2.45, 2.75) is 12.8 Å². The zero-order chi connectivity index (χ0) is 11.0. The van der Waals surface area contributed by atoms with Gasteiger partial charge >= 0.3 is 23.3 Å². The highest BCUT2D eigenvalue weighted by molar-refractivity contribution is 7.76. The summed E-state index contributed by atoms with van der Waals surface area (Å²) in [5.74, 6) is -1.55. The molecule has 0 saturated heterocycles. The summed E-state index contributed by atoms with van der Waals surface area (Å²) in [5.41, 5.74) is 0. The summed E-state index contributed by atoms with van der Waals surface area (Å²) < 4.78 is 19.2. The summed E-state index contributed by atoms with van der Waals surface area (Å²) in [6.45, 7) is 6.56. The third-order valence-corrected chi connectivity index (χ3v) is 1.59. The van der Waals surface area contributed by atoms with Crippen LogP contribution in [0.2, 0.25) is 0 Å². The molecule has 0 heterocycles. The van der Waals surface area contributed by atoms with Crippen molar-refractivity contribution >= 4 is 23.3 Å². The lowest BCUT2D eigenvalue weighted by Gasteiger charge is -2.00. The van der Waals surface area contributed by atoms with Crippen molar-refractivity contribution in [1.82, 2.24) is 0 Å². The van der Waals surface area contributed by atoms with Gasteiger partial charge in [0.2, 0.25) is 0 Å². The van der Waals surface area contributed by atoms with E-state index in [9.17, 15) is 13.8 Å². The summed E-state index contributed by atoms with van der Waals surface area (Å²) in [5, 5.41) is 0. The molecule has 0 unspecified atom stereocenters. The Hall–Kier alpha value is -1.43. The van der Waals surface area contributed by atoms with Gasteiger partial charge in [0.25, 0.3) is 0 Å². The molecule has 0 rings (SSSR count). The summed E-state index contributed by atoms with van der Waals surface area (Å²) in [7, 11) is 0. The minimum atomic E-state index is -2.38. The van der Waals surface area contributed by atoms with Crippen LogP contribution in [-0.2, 0) is 29.3 Å². The van der Waals surface area contributed by atoms with E-state index in [1.54, 1.807) is 0 Å². The van der Waals surface area contributed by atoms with E-state index in [0.717, 1.165) is 0 Å². The van der Waals surface area contributed by atoms with E-state index in [1.165, 1.54) is 12.2 Å². The quantitative estimate of drug-likeness (QED) is 0.617. The Morgan fingerprint density at radius 2 is 1.43 bits per heavy atom. The van der Waals surface area contributed by atoms with Crippen molar-refractivity contribution < 1.29 is 22.2 Å². The van der Waals surface area contributed by atoms with Crippen LogP contribution in [0.3, 0.4) is 0 Å². The van der Waals surface area contributed by atoms with Gasteiger partial charge in [-0.15, -0.1) is 13.2 Å². The Morgan fingerprint density at radius 3 is 1.71 bits per heavy atom. The summed E-state index contributed by atoms with van der Waals surface area (Å²) in [6.07, 6.45) is 2.38. The summed E-state index contributed by atoms with van der Waals surface area (Å²) >= 11 is -2.38. The Labute approximate surface area is 84.3 Å². The maximum Gasteiger partial charge on any atom is 0.422 e. The van der Waals surface area contributed by atoms with Gasteiger partial charge in [-0.05, 0) is 0 Å². The smallest absolute Gasteiger partial charge is 0.334 e. The molecule has 0 atom stereocenters. The minimum absolute atomic E-state index is 0.0925. The van der Waals surface area contributed by atoms with E-state index >= 15 is 0 Å². The number of hydrogen-bond donors (Lipinski definition) is 0. The Bertz CT molecular complexity index is 245. The first-order chi connectivity index (χ1) is 6.60. The molecule has 0 fully saturated rings. The van der Waals surface area contributed by atoms with Gasteiger partial charge in [0.1, 0.15) is 0 Å². The molecule has 0 bridgehead atoms. The van der Waals surface area contributed by atoms with Crippen LogP contribution >= 0.6 is 0 Å². The van der Waals surface area contributed by atoms with Gasteiger partial charge < -0.3 is 8.37 Å². The molecule has 0 radical (unpaired) electrons. The molecular formula is C8H10O5S. The Kier molecular flexibility index (Phi) is 6.30. The highest BCUT2D eigenvalue weighted by atomic mass is 32.2. The van der Waals surface area contributed by atoms with Crippen molar-refractivity contribution in [3.63, 3.8) is 0 Å². The lowest BCUT2D eigenvalue weighted by Crippen LogP contribution is -2.12. The SMILES string of the molecule is C=CCC(=O)OS(=O)OC(=O)CC=C. The number of rotatable bonds is 6. The monoisotopic (exact) mass is 218 g/mol. The molecule has 6 heteroatoms. The van der Waals surface area contributed by atoms with E-state index in [2.05, 4.69) is 21.5 Å². The molecule has 0 aliphatic rings. The average Bonchev–Trinajstić information content (AvgIpc) is 2.03. The van der Waals surface area contributed by atoms with Crippen LogP contribution in [0, 0.1) is 0 Å². The number of carbonyl (C=O) groups is 2. The first kappa shape index (κ1) is 12.6. The fourth-order valence-corrected chi connectivity index (χ4v) is 0.946. The molecule has 14 heavy (non-hydrogen) atoms. The van der Waals surface area contributed by atoms with E-state index in [-0.39, 0.29) is 12.8 Å². The highest BCUT2D eigenvalue weighted by Gasteiger charge is 2.12. The molecule has 0 aromatic rings. The molecule has 0 spiro atoms.